The molecule has 0 radical (unpaired) electrons. The lowest BCUT2D eigenvalue weighted by atomic mass is 10.1. The third kappa shape index (κ3) is 2.74. The molecule has 0 aliphatic carbocycles. The molecule has 0 atom stereocenters. The average Bonchev–Trinajstić information content (AvgIpc) is 2.53. The van der Waals surface area contributed by atoms with Crippen LogP contribution in [-0.2, 0) is 0 Å². The molecular formula is C16H20N4O2. The second-order valence-electron chi connectivity index (χ2n) is 5.68. The molecule has 2 heterocycles. The molecule has 1 aliphatic rings. The molecule has 1 aliphatic heterocycles. The molecule has 0 N–H and O–H groups in total. The van der Waals surface area contributed by atoms with E-state index in [-0.39, 0.29) is 10.6 Å². The Hall–Kier alpha value is -2.21. The number of aryl methyl sites for hydroxylation is 1. The summed E-state index contributed by atoms with van der Waals surface area (Å²) in [6.45, 7) is 9.34. The van der Waals surface area contributed by atoms with E-state index in [0.717, 1.165) is 55.0 Å². The first-order valence-corrected chi connectivity index (χ1v) is 7.61. The number of hydrogen-bond donors (Lipinski definition) is 0. The summed E-state index contributed by atoms with van der Waals surface area (Å²) in [5.74, 6) is 0.997. The van der Waals surface area contributed by atoms with Crippen LogP contribution in [0.25, 0.3) is 10.9 Å². The maximum atomic E-state index is 10.9. The van der Waals surface area contributed by atoms with Crippen molar-refractivity contribution in [2.24, 2.45) is 0 Å². The molecule has 1 aromatic heterocycles. The third-order valence-corrected chi connectivity index (χ3v) is 4.29. The maximum Gasteiger partial charge on any atom is 0.270 e. The van der Waals surface area contributed by atoms with E-state index in [1.807, 2.05) is 13.0 Å². The minimum absolute atomic E-state index is 0.109. The maximum absolute atomic E-state index is 10.9. The average molecular weight is 300 g/mol. The van der Waals surface area contributed by atoms with Gasteiger partial charge in [-0.25, -0.2) is 4.98 Å². The van der Waals surface area contributed by atoms with Gasteiger partial charge in [-0.1, -0.05) is 6.92 Å². The van der Waals surface area contributed by atoms with Crippen molar-refractivity contribution in [2.75, 3.05) is 37.6 Å². The van der Waals surface area contributed by atoms with Crippen molar-refractivity contribution in [1.82, 2.24) is 9.88 Å². The zero-order chi connectivity index (χ0) is 15.7. The number of non-ortho nitro benzene ring substituents is 1. The summed E-state index contributed by atoms with van der Waals surface area (Å²) in [6.07, 6.45) is 0. The topological polar surface area (TPSA) is 62.5 Å². The summed E-state index contributed by atoms with van der Waals surface area (Å²) in [5, 5.41) is 11.7. The van der Waals surface area contributed by atoms with Crippen LogP contribution in [0.5, 0.6) is 0 Å². The Morgan fingerprint density at radius 3 is 2.59 bits per heavy atom. The molecule has 2 aromatic rings. The van der Waals surface area contributed by atoms with Crippen LogP contribution in [0.4, 0.5) is 11.5 Å². The molecule has 1 aromatic carbocycles. The summed E-state index contributed by atoms with van der Waals surface area (Å²) in [5.41, 5.74) is 1.99. The second kappa shape index (κ2) is 5.88. The Kier molecular flexibility index (Phi) is 3.94. The van der Waals surface area contributed by atoms with Crippen LogP contribution in [0.2, 0.25) is 0 Å². The Bertz CT molecular complexity index is 709. The molecule has 6 heteroatoms. The van der Waals surface area contributed by atoms with Gasteiger partial charge < -0.3 is 9.80 Å². The van der Waals surface area contributed by atoms with Gasteiger partial charge in [0.25, 0.3) is 5.69 Å². The first-order valence-electron chi connectivity index (χ1n) is 7.61. The van der Waals surface area contributed by atoms with E-state index in [1.165, 1.54) is 6.07 Å². The summed E-state index contributed by atoms with van der Waals surface area (Å²) < 4.78 is 0. The van der Waals surface area contributed by atoms with Crippen molar-refractivity contribution in [3.8, 4) is 0 Å². The van der Waals surface area contributed by atoms with Crippen LogP contribution in [-0.4, -0.2) is 47.5 Å². The Balaban J connectivity index is 1.93. The number of pyridine rings is 1. The highest BCUT2D eigenvalue weighted by molar-refractivity contribution is 5.84. The van der Waals surface area contributed by atoms with Gasteiger partial charge in [-0.3, -0.25) is 10.1 Å². The largest absolute Gasteiger partial charge is 0.354 e. The predicted octanol–water partition coefficient (Wildman–Crippen LogP) is 2.59. The minimum atomic E-state index is -0.368. The molecule has 0 bridgehead atoms. The number of nitro benzene ring substituents is 1. The smallest absolute Gasteiger partial charge is 0.270 e. The van der Waals surface area contributed by atoms with Crippen LogP contribution < -0.4 is 4.90 Å². The van der Waals surface area contributed by atoms with Crippen molar-refractivity contribution in [3.63, 3.8) is 0 Å². The summed E-state index contributed by atoms with van der Waals surface area (Å²) >= 11 is 0. The lowest BCUT2D eigenvalue weighted by molar-refractivity contribution is -0.384. The Morgan fingerprint density at radius 2 is 1.95 bits per heavy atom. The van der Waals surface area contributed by atoms with Crippen LogP contribution in [0.3, 0.4) is 0 Å². The normalized spacial score (nSPS) is 16.2. The van der Waals surface area contributed by atoms with Crippen LogP contribution in [0.15, 0.2) is 24.3 Å². The monoisotopic (exact) mass is 300 g/mol. The van der Waals surface area contributed by atoms with Gasteiger partial charge in [-0.15, -0.1) is 0 Å². The van der Waals surface area contributed by atoms with Gasteiger partial charge in [-0.05, 0) is 31.2 Å². The Labute approximate surface area is 129 Å². The van der Waals surface area contributed by atoms with Gasteiger partial charge in [0.1, 0.15) is 5.82 Å². The van der Waals surface area contributed by atoms with E-state index >= 15 is 0 Å². The molecule has 22 heavy (non-hydrogen) atoms. The highest BCUT2D eigenvalue weighted by Crippen LogP contribution is 2.26. The zero-order valence-electron chi connectivity index (χ0n) is 13.0. The zero-order valence-corrected chi connectivity index (χ0v) is 13.0. The third-order valence-electron chi connectivity index (χ3n) is 4.29. The van der Waals surface area contributed by atoms with Crippen LogP contribution >= 0.6 is 0 Å². The SMILES string of the molecule is CCN1CCN(c2nc3ccc([N+](=O)[O-])cc3cc2C)CC1. The van der Waals surface area contributed by atoms with Gasteiger partial charge >= 0.3 is 0 Å². The molecule has 116 valence electrons. The van der Waals surface area contributed by atoms with E-state index < -0.39 is 0 Å². The molecule has 3 rings (SSSR count). The molecule has 6 nitrogen and oxygen atoms in total. The predicted molar refractivity (Wildman–Crippen MR) is 87.5 cm³/mol. The van der Waals surface area contributed by atoms with Gasteiger partial charge in [-0.2, -0.15) is 0 Å². The fourth-order valence-electron chi connectivity index (χ4n) is 2.97. The van der Waals surface area contributed by atoms with Crippen molar-refractivity contribution < 1.29 is 4.92 Å². The number of aromatic nitrogens is 1. The van der Waals surface area contributed by atoms with Gasteiger partial charge in [0.2, 0.25) is 0 Å². The minimum Gasteiger partial charge on any atom is -0.354 e. The first-order chi connectivity index (χ1) is 10.6. The molecule has 0 saturated carbocycles. The van der Waals surface area contributed by atoms with E-state index in [0.29, 0.717) is 0 Å². The van der Waals surface area contributed by atoms with Crippen LogP contribution in [0.1, 0.15) is 12.5 Å². The molecule has 0 unspecified atom stereocenters. The second-order valence-corrected chi connectivity index (χ2v) is 5.68. The van der Waals surface area contributed by atoms with Crippen molar-refractivity contribution >= 4 is 22.4 Å². The number of nitrogens with zero attached hydrogens (tertiary/aromatic N) is 4. The quantitative estimate of drug-likeness (QED) is 0.644. The van der Waals surface area contributed by atoms with Crippen molar-refractivity contribution in [3.05, 3.63) is 39.9 Å². The standard InChI is InChI=1S/C16H20N4O2/c1-3-18-6-8-19(9-7-18)16-12(2)10-13-11-14(20(21)22)4-5-15(13)17-16/h4-5,10-11H,3,6-9H2,1-2H3. The van der Waals surface area contributed by atoms with Gasteiger partial charge in [0.15, 0.2) is 0 Å². The lowest BCUT2D eigenvalue weighted by Crippen LogP contribution is -2.46. The number of piperazine rings is 1. The number of hydrogen-bond acceptors (Lipinski definition) is 5. The van der Waals surface area contributed by atoms with Crippen LogP contribution in [0, 0.1) is 17.0 Å². The molecule has 0 spiro atoms. The summed E-state index contributed by atoms with van der Waals surface area (Å²) in [6, 6.07) is 6.84. The molecule has 1 fully saturated rings. The molecular weight excluding hydrogens is 280 g/mol. The van der Waals surface area contributed by atoms with E-state index in [4.69, 9.17) is 4.98 Å². The highest BCUT2D eigenvalue weighted by Gasteiger charge is 2.19. The lowest BCUT2D eigenvalue weighted by Gasteiger charge is -2.35. The molecule has 0 amide bonds. The number of anilines is 1. The number of fused-ring (bicyclic) bond motifs is 1. The Morgan fingerprint density at radius 1 is 1.23 bits per heavy atom. The van der Waals surface area contributed by atoms with Gasteiger partial charge in [0, 0.05) is 43.7 Å². The number of nitro groups is 1. The van der Waals surface area contributed by atoms with Gasteiger partial charge in [0.05, 0.1) is 10.4 Å². The molecule has 1 saturated heterocycles. The summed E-state index contributed by atoms with van der Waals surface area (Å²) in [4.78, 5) is 20.0. The van der Waals surface area contributed by atoms with Crippen molar-refractivity contribution in [1.29, 1.82) is 0 Å². The number of likely N-dealkylation sites (N-methyl/N-ethyl adjacent to an activating group) is 1. The summed E-state index contributed by atoms with van der Waals surface area (Å²) in [7, 11) is 0. The fourth-order valence-corrected chi connectivity index (χ4v) is 2.97. The van der Waals surface area contributed by atoms with E-state index in [1.54, 1.807) is 12.1 Å². The first kappa shape index (κ1) is 14.7. The van der Waals surface area contributed by atoms with E-state index in [2.05, 4.69) is 16.7 Å². The highest BCUT2D eigenvalue weighted by atomic mass is 16.6. The number of rotatable bonds is 3. The number of benzene rings is 1. The van der Waals surface area contributed by atoms with E-state index in [9.17, 15) is 10.1 Å². The van der Waals surface area contributed by atoms with Crippen molar-refractivity contribution in [2.45, 2.75) is 13.8 Å². The fraction of sp³-hybridized carbons (Fsp3) is 0.438.